The van der Waals surface area contributed by atoms with Crippen LogP contribution in [0.15, 0.2) is 61.2 Å². The molecular weight excluding hydrogens is 456 g/mol. The fraction of sp³-hybridized carbons (Fsp3) is 0.269. The van der Waals surface area contributed by atoms with Crippen LogP contribution in [0.25, 0.3) is 0 Å². The zero-order valence-corrected chi connectivity index (χ0v) is 18.8. The maximum Gasteiger partial charge on any atom is 0.343 e. The first-order chi connectivity index (χ1) is 16.8. The summed E-state index contributed by atoms with van der Waals surface area (Å²) in [6.07, 6.45) is 2.86. The molecule has 2 aromatic carbocycles. The number of carboxylic acids is 1. The van der Waals surface area contributed by atoms with Gasteiger partial charge in [-0.15, -0.1) is 0 Å². The van der Waals surface area contributed by atoms with Crippen LogP contribution < -0.4 is 9.47 Å². The summed E-state index contributed by atoms with van der Waals surface area (Å²) < 4.78 is 15.5. The molecule has 9 heteroatoms. The predicted molar refractivity (Wildman–Crippen MR) is 122 cm³/mol. The molecule has 0 atom stereocenters. The molecule has 35 heavy (non-hydrogen) atoms. The molecular formula is C26H24O9. The number of esters is 3. The van der Waals surface area contributed by atoms with Crippen LogP contribution in [0, 0.1) is 11.8 Å². The number of carbonyl (C=O) groups excluding carboxylic acids is 4. The first-order valence-electron chi connectivity index (χ1n) is 11.0. The quantitative estimate of drug-likeness (QED) is 0.324. The SMILES string of the molecule is C=CC(=O)COC(=O)c1ccc(OC(=O)c2ccc(OC(=O)C3CCC(C(=O)O)CC3)cc2)cc1. The van der Waals surface area contributed by atoms with Crippen molar-refractivity contribution < 1.29 is 43.3 Å². The second-order valence-electron chi connectivity index (χ2n) is 7.99. The highest BCUT2D eigenvalue weighted by molar-refractivity contribution is 5.95. The van der Waals surface area contributed by atoms with E-state index in [1.165, 1.54) is 48.5 Å². The van der Waals surface area contributed by atoms with Gasteiger partial charge in [0, 0.05) is 0 Å². The molecule has 0 spiro atoms. The Morgan fingerprint density at radius 2 is 1.26 bits per heavy atom. The number of aliphatic carboxylic acids is 1. The standard InChI is InChI=1S/C26H24O9/c1-2-20(27)15-33-24(30)17-7-11-21(12-8-17)35-26(32)19-9-13-22(14-10-19)34-25(31)18-5-3-16(4-6-18)23(28)29/h2,7-14,16,18H,1,3-6,15H2,(H,28,29). The number of carbonyl (C=O) groups is 5. The minimum atomic E-state index is -0.838. The fourth-order valence-corrected chi connectivity index (χ4v) is 3.54. The Kier molecular flexibility index (Phi) is 8.50. The minimum absolute atomic E-state index is 0.185. The molecule has 0 heterocycles. The average molecular weight is 480 g/mol. The van der Waals surface area contributed by atoms with Crippen LogP contribution in [-0.4, -0.2) is 41.4 Å². The Balaban J connectivity index is 1.50. The van der Waals surface area contributed by atoms with Gasteiger partial charge in [0.15, 0.2) is 12.4 Å². The fourth-order valence-electron chi connectivity index (χ4n) is 3.54. The molecule has 1 saturated carbocycles. The molecule has 0 saturated heterocycles. The van der Waals surface area contributed by atoms with Gasteiger partial charge >= 0.3 is 23.9 Å². The molecule has 9 nitrogen and oxygen atoms in total. The Morgan fingerprint density at radius 3 is 1.77 bits per heavy atom. The van der Waals surface area contributed by atoms with Crippen molar-refractivity contribution >= 4 is 29.7 Å². The van der Waals surface area contributed by atoms with Crippen molar-refractivity contribution in [3.05, 3.63) is 72.3 Å². The van der Waals surface area contributed by atoms with Crippen LogP contribution in [0.5, 0.6) is 11.5 Å². The van der Waals surface area contributed by atoms with Crippen LogP contribution in [0.1, 0.15) is 46.4 Å². The number of hydrogen-bond acceptors (Lipinski definition) is 8. The summed E-state index contributed by atoms with van der Waals surface area (Å²) in [6.45, 7) is 2.88. The van der Waals surface area contributed by atoms with Gasteiger partial charge in [-0.3, -0.25) is 14.4 Å². The van der Waals surface area contributed by atoms with Crippen LogP contribution in [0.4, 0.5) is 0 Å². The van der Waals surface area contributed by atoms with E-state index in [-0.39, 0.29) is 28.5 Å². The lowest BCUT2D eigenvalue weighted by molar-refractivity contribution is -0.146. The Morgan fingerprint density at radius 1 is 0.771 bits per heavy atom. The normalized spacial score (nSPS) is 17.0. The second-order valence-corrected chi connectivity index (χ2v) is 7.99. The second kappa shape index (κ2) is 11.7. The maximum atomic E-state index is 12.4. The highest BCUT2D eigenvalue weighted by Gasteiger charge is 2.30. The van der Waals surface area contributed by atoms with Crippen molar-refractivity contribution in [3.63, 3.8) is 0 Å². The number of rotatable bonds is 9. The van der Waals surface area contributed by atoms with Crippen molar-refractivity contribution in [2.24, 2.45) is 11.8 Å². The summed E-state index contributed by atoms with van der Waals surface area (Å²) in [7, 11) is 0. The lowest BCUT2D eigenvalue weighted by Gasteiger charge is -2.24. The minimum Gasteiger partial charge on any atom is -0.481 e. The smallest absolute Gasteiger partial charge is 0.343 e. The number of carboxylic acid groups (broad SMARTS) is 1. The Bertz CT molecular complexity index is 1110. The third-order valence-electron chi connectivity index (χ3n) is 5.59. The molecule has 3 rings (SSSR count). The Hall–Kier alpha value is -4.27. The maximum absolute atomic E-state index is 12.4. The molecule has 1 fully saturated rings. The van der Waals surface area contributed by atoms with E-state index in [4.69, 9.17) is 19.3 Å². The first kappa shape index (κ1) is 25.4. The lowest BCUT2D eigenvalue weighted by atomic mass is 9.82. The number of benzene rings is 2. The van der Waals surface area contributed by atoms with Gasteiger partial charge in [0.2, 0.25) is 0 Å². The molecule has 0 aromatic heterocycles. The van der Waals surface area contributed by atoms with Crippen LogP contribution >= 0.6 is 0 Å². The highest BCUT2D eigenvalue weighted by atomic mass is 16.5. The van der Waals surface area contributed by atoms with Gasteiger partial charge in [-0.25, -0.2) is 9.59 Å². The van der Waals surface area contributed by atoms with E-state index in [0.717, 1.165) is 6.08 Å². The number of hydrogen-bond donors (Lipinski definition) is 1. The van der Waals surface area contributed by atoms with Gasteiger partial charge in [0.25, 0.3) is 0 Å². The number of ketones is 1. The number of ether oxygens (including phenoxy) is 3. The van der Waals surface area contributed by atoms with E-state index >= 15 is 0 Å². The molecule has 0 aliphatic heterocycles. The molecule has 1 N–H and O–H groups in total. The van der Waals surface area contributed by atoms with E-state index in [0.29, 0.717) is 25.7 Å². The van der Waals surface area contributed by atoms with Crippen molar-refractivity contribution in [3.8, 4) is 11.5 Å². The summed E-state index contributed by atoms with van der Waals surface area (Å²) >= 11 is 0. The van der Waals surface area contributed by atoms with Gasteiger partial charge in [0.05, 0.1) is 23.0 Å². The third-order valence-corrected chi connectivity index (χ3v) is 5.59. The van der Waals surface area contributed by atoms with E-state index in [9.17, 15) is 24.0 Å². The summed E-state index contributed by atoms with van der Waals surface area (Å²) in [5.74, 6) is -3.33. The van der Waals surface area contributed by atoms with Gasteiger partial charge < -0.3 is 19.3 Å². The van der Waals surface area contributed by atoms with Gasteiger partial charge in [-0.2, -0.15) is 0 Å². The lowest BCUT2D eigenvalue weighted by Crippen LogP contribution is -2.28. The third kappa shape index (κ3) is 7.10. The van der Waals surface area contributed by atoms with Gasteiger partial charge in [-0.05, 0) is 80.3 Å². The summed E-state index contributed by atoms with van der Waals surface area (Å²) in [5.41, 5.74) is 0.405. The zero-order chi connectivity index (χ0) is 25.4. The molecule has 2 aromatic rings. The molecule has 1 aliphatic rings. The van der Waals surface area contributed by atoms with E-state index in [1.54, 1.807) is 0 Å². The molecule has 0 amide bonds. The summed E-state index contributed by atoms with van der Waals surface area (Å²) in [4.78, 5) is 58.8. The van der Waals surface area contributed by atoms with Crippen LogP contribution in [0.3, 0.4) is 0 Å². The van der Waals surface area contributed by atoms with Crippen molar-refractivity contribution in [2.75, 3.05) is 6.61 Å². The van der Waals surface area contributed by atoms with Crippen molar-refractivity contribution in [2.45, 2.75) is 25.7 Å². The monoisotopic (exact) mass is 480 g/mol. The van der Waals surface area contributed by atoms with Crippen molar-refractivity contribution in [1.82, 2.24) is 0 Å². The Labute approximate surface area is 201 Å². The average Bonchev–Trinajstić information content (AvgIpc) is 2.87. The van der Waals surface area contributed by atoms with E-state index in [2.05, 4.69) is 6.58 Å². The molecule has 0 bridgehead atoms. The van der Waals surface area contributed by atoms with Crippen LogP contribution in [0.2, 0.25) is 0 Å². The van der Waals surface area contributed by atoms with Gasteiger partial charge in [0.1, 0.15) is 11.5 Å². The molecule has 1 aliphatic carbocycles. The molecule has 0 radical (unpaired) electrons. The van der Waals surface area contributed by atoms with E-state index < -0.39 is 42.2 Å². The molecule has 0 unspecified atom stereocenters. The van der Waals surface area contributed by atoms with Crippen molar-refractivity contribution in [1.29, 1.82) is 0 Å². The predicted octanol–water partition coefficient (Wildman–Crippen LogP) is 3.61. The molecule has 182 valence electrons. The summed E-state index contributed by atoms with van der Waals surface area (Å²) in [5, 5.41) is 9.06. The highest BCUT2D eigenvalue weighted by Crippen LogP contribution is 2.30. The summed E-state index contributed by atoms with van der Waals surface area (Å²) in [6, 6.07) is 11.5. The topological polar surface area (TPSA) is 133 Å². The largest absolute Gasteiger partial charge is 0.481 e. The van der Waals surface area contributed by atoms with Gasteiger partial charge in [-0.1, -0.05) is 6.58 Å². The first-order valence-corrected chi connectivity index (χ1v) is 11.0. The zero-order valence-electron chi connectivity index (χ0n) is 18.8. The van der Waals surface area contributed by atoms with E-state index in [1.807, 2.05) is 0 Å². The van der Waals surface area contributed by atoms with Crippen LogP contribution in [-0.2, 0) is 19.1 Å².